The van der Waals surface area contributed by atoms with Crippen LogP contribution in [-0.2, 0) is 0 Å². The topological polar surface area (TPSA) is 65.4 Å². The van der Waals surface area contributed by atoms with Gasteiger partial charge in [-0.2, -0.15) is 5.10 Å². The van der Waals surface area contributed by atoms with Crippen molar-refractivity contribution in [3.8, 4) is 28.4 Å². The molecule has 0 saturated carbocycles. The summed E-state index contributed by atoms with van der Waals surface area (Å²) in [6.07, 6.45) is 0. The number of amides is 1. The van der Waals surface area contributed by atoms with Crippen molar-refractivity contribution in [2.45, 2.75) is 20.8 Å². The molecule has 1 amide bonds. The Morgan fingerprint density at radius 3 is 2.24 bits per heavy atom. The Kier molecular flexibility index (Phi) is 6.18. The second-order valence-electron chi connectivity index (χ2n) is 8.00. The van der Waals surface area contributed by atoms with Crippen molar-refractivity contribution in [1.29, 1.82) is 0 Å². The van der Waals surface area contributed by atoms with E-state index in [1.165, 1.54) is 0 Å². The number of hydrogen-bond donors (Lipinski definition) is 1. The number of methoxy groups -OCH3 is 2. The molecule has 0 aliphatic carbocycles. The van der Waals surface area contributed by atoms with Crippen LogP contribution in [0.2, 0.25) is 0 Å². The van der Waals surface area contributed by atoms with Crippen molar-refractivity contribution < 1.29 is 14.3 Å². The van der Waals surface area contributed by atoms with Crippen LogP contribution in [0.1, 0.15) is 27.2 Å². The first-order valence-electron chi connectivity index (χ1n) is 10.7. The van der Waals surface area contributed by atoms with Crippen LogP contribution in [0.25, 0.3) is 16.9 Å². The number of anilines is 1. The molecule has 0 aliphatic rings. The predicted octanol–water partition coefficient (Wildman–Crippen LogP) is 5.73. The Balaban J connectivity index is 1.83. The highest BCUT2D eigenvalue weighted by atomic mass is 16.5. The largest absolute Gasteiger partial charge is 0.497 e. The molecule has 0 atom stereocenters. The number of nitrogens with one attached hydrogen (secondary N) is 1. The molecule has 168 valence electrons. The average Bonchev–Trinajstić information content (AvgIpc) is 3.25. The van der Waals surface area contributed by atoms with E-state index in [9.17, 15) is 4.79 Å². The standard InChI is InChI=1S/C27H27N3O3/c1-17-6-9-20(10-7-17)28-27(31)25-16-23(22-12-11-21(32-4)15-26(22)33-5)29-30(25)24-13-8-18(2)14-19(24)3/h6-16H,1-5H3,(H,28,31). The lowest BCUT2D eigenvalue weighted by atomic mass is 10.1. The molecule has 4 rings (SSSR count). The zero-order chi connectivity index (χ0) is 23.5. The number of rotatable bonds is 6. The molecule has 1 N–H and O–H groups in total. The molecule has 1 aromatic heterocycles. The molecule has 3 aromatic carbocycles. The number of hydrogen-bond acceptors (Lipinski definition) is 4. The van der Waals surface area contributed by atoms with Gasteiger partial charge in [0.1, 0.15) is 17.2 Å². The summed E-state index contributed by atoms with van der Waals surface area (Å²) in [5.74, 6) is 1.05. The van der Waals surface area contributed by atoms with Gasteiger partial charge >= 0.3 is 0 Å². The summed E-state index contributed by atoms with van der Waals surface area (Å²) in [5, 5.41) is 7.80. The number of carbonyl (C=O) groups is 1. The van der Waals surface area contributed by atoms with E-state index in [-0.39, 0.29) is 5.91 Å². The van der Waals surface area contributed by atoms with Crippen molar-refractivity contribution in [2.24, 2.45) is 0 Å². The van der Waals surface area contributed by atoms with E-state index in [2.05, 4.69) is 11.4 Å². The summed E-state index contributed by atoms with van der Waals surface area (Å²) in [7, 11) is 3.21. The van der Waals surface area contributed by atoms with Crippen LogP contribution in [0.15, 0.2) is 66.7 Å². The lowest BCUT2D eigenvalue weighted by Crippen LogP contribution is -2.17. The minimum absolute atomic E-state index is 0.245. The maximum Gasteiger partial charge on any atom is 0.274 e. The number of carbonyl (C=O) groups excluding carboxylic acids is 1. The molecule has 4 aromatic rings. The molecule has 6 nitrogen and oxygen atoms in total. The molecule has 0 unspecified atom stereocenters. The van der Waals surface area contributed by atoms with Gasteiger partial charge in [-0.15, -0.1) is 0 Å². The average molecular weight is 442 g/mol. The third kappa shape index (κ3) is 4.60. The molecule has 33 heavy (non-hydrogen) atoms. The second-order valence-corrected chi connectivity index (χ2v) is 8.00. The summed E-state index contributed by atoms with van der Waals surface area (Å²) in [6, 6.07) is 21.1. The fraction of sp³-hybridized carbons (Fsp3) is 0.185. The van der Waals surface area contributed by atoms with Crippen molar-refractivity contribution in [1.82, 2.24) is 9.78 Å². The van der Waals surface area contributed by atoms with E-state index in [0.717, 1.165) is 33.6 Å². The van der Waals surface area contributed by atoms with Gasteiger partial charge in [-0.3, -0.25) is 4.79 Å². The Morgan fingerprint density at radius 1 is 0.848 bits per heavy atom. The van der Waals surface area contributed by atoms with E-state index < -0.39 is 0 Å². The Hall–Kier alpha value is -4.06. The van der Waals surface area contributed by atoms with E-state index >= 15 is 0 Å². The monoisotopic (exact) mass is 441 g/mol. The number of aromatic nitrogens is 2. The van der Waals surface area contributed by atoms with Gasteiger partial charge in [0.05, 0.1) is 25.6 Å². The molecule has 0 bridgehead atoms. The third-order valence-electron chi connectivity index (χ3n) is 5.52. The number of aryl methyl sites for hydroxylation is 3. The lowest BCUT2D eigenvalue weighted by molar-refractivity contribution is 0.101. The molecule has 6 heteroatoms. The van der Waals surface area contributed by atoms with E-state index in [4.69, 9.17) is 14.6 Å². The first-order chi connectivity index (χ1) is 15.9. The van der Waals surface area contributed by atoms with Gasteiger partial charge in [0.15, 0.2) is 0 Å². The van der Waals surface area contributed by atoms with Crippen LogP contribution in [0.4, 0.5) is 5.69 Å². The maximum absolute atomic E-state index is 13.3. The van der Waals surface area contributed by atoms with Gasteiger partial charge < -0.3 is 14.8 Å². The normalized spacial score (nSPS) is 10.7. The fourth-order valence-corrected chi connectivity index (χ4v) is 3.74. The highest BCUT2D eigenvalue weighted by molar-refractivity contribution is 6.04. The summed E-state index contributed by atoms with van der Waals surface area (Å²) >= 11 is 0. The zero-order valence-corrected chi connectivity index (χ0v) is 19.5. The molecule has 0 radical (unpaired) electrons. The van der Waals surface area contributed by atoms with Crippen molar-refractivity contribution in [3.63, 3.8) is 0 Å². The van der Waals surface area contributed by atoms with Crippen LogP contribution < -0.4 is 14.8 Å². The fourth-order valence-electron chi connectivity index (χ4n) is 3.74. The van der Waals surface area contributed by atoms with Gasteiger partial charge in [0, 0.05) is 17.3 Å². The van der Waals surface area contributed by atoms with Crippen LogP contribution in [0.3, 0.4) is 0 Å². The zero-order valence-electron chi connectivity index (χ0n) is 19.5. The molecule has 1 heterocycles. The van der Waals surface area contributed by atoms with Gasteiger partial charge in [-0.1, -0.05) is 35.4 Å². The van der Waals surface area contributed by atoms with Crippen molar-refractivity contribution in [3.05, 3.63) is 89.1 Å². The van der Waals surface area contributed by atoms with Gasteiger partial charge in [0.25, 0.3) is 5.91 Å². The van der Waals surface area contributed by atoms with Gasteiger partial charge in [-0.05, 0) is 62.7 Å². The number of ether oxygens (including phenoxy) is 2. The third-order valence-corrected chi connectivity index (χ3v) is 5.52. The second kappa shape index (κ2) is 9.20. The van der Waals surface area contributed by atoms with E-state index in [1.54, 1.807) is 31.0 Å². The Bertz CT molecular complexity index is 1310. The highest BCUT2D eigenvalue weighted by Crippen LogP contribution is 2.34. The van der Waals surface area contributed by atoms with Crippen LogP contribution in [-0.4, -0.2) is 29.9 Å². The number of nitrogens with zero attached hydrogens (tertiary/aromatic N) is 2. The smallest absolute Gasteiger partial charge is 0.274 e. The quantitative estimate of drug-likeness (QED) is 0.415. The summed E-state index contributed by atoms with van der Waals surface area (Å²) in [4.78, 5) is 13.3. The first kappa shape index (κ1) is 22.1. The van der Waals surface area contributed by atoms with Crippen LogP contribution >= 0.6 is 0 Å². The van der Waals surface area contributed by atoms with Gasteiger partial charge in [0.2, 0.25) is 0 Å². The van der Waals surface area contributed by atoms with E-state index in [0.29, 0.717) is 22.9 Å². The summed E-state index contributed by atoms with van der Waals surface area (Å²) < 4.78 is 12.6. The molecule has 0 spiro atoms. The summed E-state index contributed by atoms with van der Waals surface area (Å²) in [6.45, 7) is 6.06. The Labute approximate surface area is 193 Å². The minimum atomic E-state index is -0.245. The molecule has 0 saturated heterocycles. The minimum Gasteiger partial charge on any atom is -0.497 e. The Morgan fingerprint density at radius 2 is 1.58 bits per heavy atom. The molecular formula is C27H27N3O3. The highest BCUT2D eigenvalue weighted by Gasteiger charge is 2.21. The van der Waals surface area contributed by atoms with Crippen molar-refractivity contribution in [2.75, 3.05) is 19.5 Å². The number of benzene rings is 3. The molecular weight excluding hydrogens is 414 g/mol. The van der Waals surface area contributed by atoms with Crippen LogP contribution in [0.5, 0.6) is 11.5 Å². The first-order valence-corrected chi connectivity index (χ1v) is 10.7. The van der Waals surface area contributed by atoms with Crippen LogP contribution in [0, 0.1) is 20.8 Å². The van der Waals surface area contributed by atoms with Crippen molar-refractivity contribution >= 4 is 11.6 Å². The SMILES string of the molecule is COc1ccc(-c2cc(C(=O)Nc3ccc(C)cc3)n(-c3ccc(C)cc3C)n2)c(OC)c1. The van der Waals surface area contributed by atoms with E-state index in [1.807, 2.05) is 69.3 Å². The molecule has 0 fully saturated rings. The predicted molar refractivity (Wildman–Crippen MR) is 131 cm³/mol. The lowest BCUT2D eigenvalue weighted by Gasteiger charge is -2.11. The van der Waals surface area contributed by atoms with Gasteiger partial charge in [-0.25, -0.2) is 4.68 Å². The summed E-state index contributed by atoms with van der Waals surface area (Å²) in [5.41, 5.74) is 6.69. The molecule has 0 aliphatic heterocycles. The maximum atomic E-state index is 13.3.